The van der Waals surface area contributed by atoms with E-state index in [9.17, 15) is 4.79 Å². The minimum atomic E-state index is -0.0806. The quantitative estimate of drug-likeness (QED) is 0.750. The fourth-order valence-corrected chi connectivity index (χ4v) is 3.74. The molecular formula is C19H30N4O3. The summed E-state index contributed by atoms with van der Waals surface area (Å²) in [5, 5.41) is 0. The number of nitrogen functional groups attached to an aromatic ring is 1. The van der Waals surface area contributed by atoms with Crippen LogP contribution in [-0.4, -0.2) is 41.2 Å². The Morgan fingerprint density at radius 2 is 2.19 bits per heavy atom. The minimum absolute atomic E-state index is 0.0398. The Bertz CT molecular complexity index is 662. The van der Waals surface area contributed by atoms with Crippen LogP contribution >= 0.6 is 0 Å². The summed E-state index contributed by atoms with van der Waals surface area (Å²) in [6, 6.07) is 0.265. The van der Waals surface area contributed by atoms with Crippen molar-refractivity contribution in [3.8, 4) is 6.01 Å². The van der Waals surface area contributed by atoms with Crippen LogP contribution in [0.5, 0.6) is 6.01 Å². The first-order chi connectivity index (χ1) is 12.4. The largest absolute Gasteiger partial charge is 0.463 e. The van der Waals surface area contributed by atoms with E-state index in [0.717, 1.165) is 44.3 Å². The molecule has 0 aromatic carbocycles. The first-order valence-electron chi connectivity index (χ1n) is 9.63. The highest BCUT2D eigenvalue weighted by molar-refractivity contribution is 6.01. The van der Waals surface area contributed by atoms with Gasteiger partial charge in [-0.1, -0.05) is 13.3 Å². The Hall–Kier alpha value is -1.89. The van der Waals surface area contributed by atoms with Gasteiger partial charge in [-0.05, 0) is 45.4 Å². The molecule has 1 aromatic heterocycles. The summed E-state index contributed by atoms with van der Waals surface area (Å²) < 4.78 is 11.4. The van der Waals surface area contributed by atoms with E-state index in [0.29, 0.717) is 30.7 Å². The van der Waals surface area contributed by atoms with E-state index >= 15 is 0 Å². The van der Waals surface area contributed by atoms with Crippen molar-refractivity contribution < 1.29 is 14.3 Å². The summed E-state index contributed by atoms with van der Waals surface area (Å²) in [7, 11) is 0. The van der Waals surface area contributed by atoms with Crippen molar-refractivity contribution in [2.45, 2.75) is 64.9 Å². The average molecular weight is 362 g/mol. The second-order valence-corrected chi connectivity index (χ2v) is 7.87. The van der Waals surface area contributed by atoms with Crippen LogP contribution in [0.3, 0.4) is 0 Å². The Labute approximate surface area is 155 Å². The third-order valence-corrected chi connectivity index (χ3v) is 5.17. The normalized spacial score (nSPS) is 21.7. The standard InChI is InChI=1S/C19H30N4O3/c1-4-5-9-25-18-21-16(20)14-11-15(24)23(17(14)22-18)8-6-13-7-10-26-19(2,3)12-13/h13H,4-12H2,1-3H3,(H2,20,21,22). The number of unbranched alkanes of at least 4 members (excludes halogenated alkanes) is 1. The highest BCUT2D eigenvalue weighted by atomic mass is 16.5. The lowest BCUT2D eigenvalue weighted by atomic mass is 9.86. The van der Waals surface area contributed by atoms with Crippen LogP contribution in [-0.2, 0) is 16.0 Å². The number of anilines is 2. The van der Waals surface area contributed by atoms with E-state index in [1.54, 1.807) is 4.90 Å². The Balaban J connectivity index is 1.69. The lowest BCUT2D eigenvalue weighted by molar-refractivity contribution is -0.117. The van der Waals surface area contributed by atoms with E-state index in [1.807, 2.05) is 0 Å². The molecule has 0 saturated carbocycles. The monoisotopic (exact) mass is 362 g/mol. The second-order valence-electron chi connectivity index (χ2n) is 7.87. The summed E-state index contributed by atoms with van der Waals surface area (Å²) in [6.45, 7) is 8.34. The molecule has 2 N–H and O–H groups in total. The molecular weight excluding hydrogens is 332 g/mol. The number of rotatable bonds is 7. The van der Waals surface area contributed by atoms with Crippen LogP contribution in [0.25, 0.3) is 0 Å². The topological polar surface area (TPSA) is 90.6 Å². The highest BCUT2D eigenvalue weighted by Crippen LogP contribution is 2.35. The molecule has 0 spiro atoms. The van der Waals surface area contributed by atoms with Gasteiger partial charge in [-0.15, -0.1) is 0 Å². The van der Waals surface area contributed by atoms with Crippen LogP contribution in [0.4, 0.5) is 11.6 Å². The van der Waals surface area contributed by atoms with Gasteiger partial charge in [-0.3, -0.25) is 9.69 Å². The smallest absolute Gasteiger partial charge is 0.320 e. The van der Waals surface area contributed by atoms with E-state index in [1.165, 1.54) is 0 Å². The average Bonchev–Trinajstić information content (AvgIpc) is 2.89. The molecule has 26 heavy (non-hydrogen) atoms. The predicted octanol–water partition coefficient (Wildman–Crippen LogP) is 2.72. The fraction of sp³-hybridized carbons (Fsp3) is 0.737. The lowest BCUT2D eigenvalue weighted by Gasteiger charge is -2.36. The third kappa shape index (κ3) is 4.26. The molecule has 1 saturated heterocycles. The molecule has 1 unspecified atom stereocenters. The molecule has 1 amide bonds. The van der Waals surface area contributed by atoms with Crippen molar-refractivity contribution in [1.29, 1.82) is 0 Å². The van der Waals surface area contributed by atoms with Gasteiger partial charge >= 0.3 is 6.01 Å². The number of ether oxygens (including phenoxy) is 2. The van der Waals surface area contributed by atoms with Gasteiger partial charge in [0.2, 0.25) is 5.91 Å². The molecule has 7 nitrogen and oxygen atoms in total. The molecule has 0 aliphatic carbocycles. The number of carbonyl (C=O) groups is 1. The number of hydrogen-bond acceptors (Lipinski definition) is 6. The maximum Gasteiger partial charge on any atom is 0.320 e. The summed E-state index contributed by atoms with van der Waals surface area (Å²) in [5.74, 6) is 1.57. The van der Waals surface area contributed by atoms with Gasteiger partial charge in [-0.2, -0.15) is 9.97 Å². The summed E-state index contributed by atoms with van der Waals surface area (Å²) >= 11 is 0. The SMILES string of the molecule is CCCCOc1nc(N)c2c(n1)N(CCC1CCOC(C)(C)C1)C(=O)C2. The molecule has 0 bridgehead atoms. The van der Waals surface area contributed by atoms with Crippen molar-refractivity contribution >= 4 is 17.5 Å². The van der Waals surface area contributed by atoms with Gasteiger partial charge in [0.05, 0.1) is 18.6 Å². The Morgan fingerprint density at radius 3 is 2.92 bits per heavy atom. The number of amides is 1. The number of hydrogen-bond donors (Lipinski definition) is 1. The van der Waals surface area contributed by atoms with Crippen molar-refractivity contribution in [3.05, 3.63) is 5.56 Å². The van der Waals surface area contributed by atoms with E-state index in [-0.39, 0.29) is 23.9 Å². The van der Waals surface area contributed by atoms with Crippen LogP contribution in [0.2, 0.25) is 0 Å². The van der Waals surface area contributed by atoms with Gasteiger partial charge < -0.3 is 15.2 Å². The maximum atomic E-state index is 12.5. The van der Waals surface area contributed by atoms with Gasteiger partial charge in [0, 0.05) is 18.7 Å². The maximum absolute atomic E-state index is 12.5. The zero-order valence-corrected chi connectivity index (χ0v) is 16.1. The first kappa shape index (κ1) is 18.9. The van der Waals surface area contributed by atoms with Crippen molar-refractivity contribution in [2.75, 3.05) is 30.4 Å². The van der Waals surface area contributed by atoms with Crippen molar-refractivity contribution in [2.24, 2.45) is 5.92 Å². The van der Waals surface area contributed by atoms with Gasteiger partial charge in [0.25, 0.3) is 0 Å². The zero-order valence-electron chi connectivity index (χ0n) is 16.1. The number of fused-ring (bicyclic) bond motifs is 1. The van der Waals surface area contributed by atoms with Crippen LogP contribution in [0.15, 0.2) is 0 Å². The molecule has 144 valence electrons. The number of nitrogens with two attached hydrogens (primary N) is 1. The van der Waals surface area contributed by atoms with Crippen molar-refractivity contribution in [1.82, 2.24) is 9.97 Å². The summed E-state index contributed by atoms with van der Waals surface area (Å²) in [5.41, 5.74) is 6.70. The van der Waals surface area contributed by atoms with Gasteiger partial charge in [0.1, 0.15) is 11.6 Å². The van der Waals surface area contributed by atoms with Crippen LogP contribution in [0, 0.1) is 5.92 Å². The number of carbonyl (C=O) groups excluding carboxylic acids is 1. The molecule has 2 aliphatic rings. The molecule has 3 heterocycles. The first-order valence-corrected chi connectivity index (χ1v) is 9.63. The molecule has 0 radical (unpaired) electrons. The van der Waals surface area contributed by atoms with Crippen LogP contribution in [0.1, 0.15) is 58.4 Å². The van der Waals surface area contributed by atoms with E-state index < -0.39 is 0 Å². The molecule has 7 heteroatoms. The minimum Gasteiger partial charge on any atom is -0.463 e. The molecule has 2 aliphatic heterocycles. The summed E-state index contributed by atoms with van der Waals surface area (Å²) in [4.78, 5) is 22.9. The highest BCUT2D eigenvalue weighted by Gasteiger charge is 2.34. The second kappa shape index (κ2) is 7.78. The predicted molar refractivity (Wildman–Crippen MR) is 100 cm³/mol. The molecule has 3 rings (SSSR count). The molecule has 1 fully saturated rings. The number of aromatic nitrogens is 2. The van der Waals surface area contributed by atoms with Crippen LogP contribution < -0.4 is 15.4 Å². The van der Waals surface area contributed by atoms with Crippen molar-refractivity contribution in [3.63, 3.8) is 0 Å². The molecule has 1 aromatic rings. The lowest BCUT2D eigenvalue weighted by Crippen LogP contribution is -2.36. The van der Waals surface area contributed by atoms with Gasteiger partial charge in [-0.25, -0.2) is 0 Å². The Kier molecular flexibility index (Phi) is 5.65. The van der Waals surface area contributed by atoms with Gasteiger partial charge in [0.15, 0.2) is 0 Å². The molecule has 1 atom stereocenters. The van der Waals surface area contributed by atoms with E-state index in [4.69, 9.17) is 15.2 Å². The zero-order chi connectivity index (χ0) is 18.7. The number of nitrogens with zero attached hydrogens (tertiary/aromatic N) is 3. The fourth-order valence-electron chi connectivity index (χ4n) is 3.74. The Morgan fingerprint density at radius 1 is 1.38 bits per heavy atom. The third-order valence-electron chi connectivity index (χ3n) is 5.17. The van der Waals surface area contributed by atoms with E-state index in [2.05, 4.69) is 30.7 Å². The summed E-state index contributed by atoms with van der Waals surface area (Å²) in [6.07, 6.45) is 5.23.